The molecule has 14 heavy (non-hydrogen) atoms. The van der Waals surface area contributed by atoms with Crippen LogP contribution in [-0.4, -0.2) is 19.2 Å². The summed E-state index contributed by atoms with van der Waals surface area (Å²) >= 11 is 0. The van der Waals surface area contributed by atoms with Crippen LogP contribution in [-0.2, 0) is 0 Å². The topological polar surface area (TPSA) is 38.5 Å². The Morgan fingerprint density at radius 2 is 2.36 bits per heavy atom. The molecule has 0 aliphatic carbocycles. The van der Waals surface area contributed by atoms with E-state index in [1.165, 1.54) is 18.5 Å². The summed E-state index contributed by atoms with van der Waals surface area (Å²) in [6.07, 6.45) is 2.53. The molecule has 2 N–H and O–H groups in total. The first-order chi connectivity index (χ1) is 6.84. The van der Waals surface area contributed by atoms with Crippen molar-refractivity contribution in [3.05, 3.63) is 18.2 Å². The maximum atomic E-state index is 5.72. The minimum Gasteiger partial charge on any atom is -0.489 e. The second kappa shape index (κ2) is 2.80. The monoisotopic (exact) mass is 190 g/mol. The van der Waals surface area contributed by atoms with Crippen LogP contribution in [0.2, 0.25) is 0 Å². The summed E-state index contributed by atoms with van der Waals surface area (Å²) < 4.78 is 5.70. The molecule has 0 radical (unpaired) electrons. The Kier molecular flexibility index (Phi) is 1.60. The lowest BCUT2D eigenvalue weighted by atomic mass is 10.1. The van der Waals surface area contributed by atoms with Crippen LogP contribution in [0.15, 0.2) is 18.2 Å². The van der Waals surface area contributed by atoms with E-state index in [-0.39, 0.29) is 0 Å². The van der Waals surface area contributed by atoms with Crippen molar-refractivity contribution in [3.8, 4) is 5.75 Å². The lowest BCUT2D eigenvalue weighted by Crippen LogP contribution is -2.38. The van der Waals surface area contributed by atoms with E-state index in [1.807, 2.05) is 12.1 Å². The molecule has 3 nitrogen and oxygen atoms in total. The van der Waals surface area contributed by atoms with Gasteiger partial charge in [0.1, 0.15) is 12.4 Å². The standard InChI is InChI=1S/C11H14N2O/c12-8-3-4-10-11(6-8)14-7-9-2-1-5-13(9)10/h3-4,6,9H,1-2,5,7,12H2/t9-/m0/s1. The van der Waals surface area contributed by atoms with Gasteiger partial charge in [-0.15, -0.1) is 0 Å². The summed E-state index contributed by atoms with van der Waals surface area (Å²) in [5.74, 6) is 0.947. The number of benzene rings is 1. The number of nitrogens with two attached hydrogens (primary N) is 1. The van der Waals surface area contributed by atoms with Crippen LogP contribution in [0.3, 0.4) is 0 Å². The van der Waals surface area contributed by atoms with Crippen molar-refractivity contribution in [3.63, 3.8) is 0 Å². The molecular formula is C11H14N2O. The molecule has 74 valence electrons. The van der Waals surface area contributed by atoms with Crippen molar-refractivity contribution in [2.45, 2.75) is 18.9 Å². The Morgan fingerprint density at radius 3 is 3.29 bits per heavy atom. The van der Waals surface area contributed by atoms with Crippen LogP contribution in [0.5, 0.6) is 5.75 Å². The molecule has 1 aromatic rings. The third-order valence-corrected chi connectivity index (χ3v) is 3.10. The predicted octanol–water partition coefficient (Wildman–Crippen LogP) is 1.63. The van der Waals surface area contributed by atoms with E-state index in [9.17, 15) is 0 Å². The predicted molar refractivity (Wildman–Crippen MR) is 56.7 cm³/mol. The van der Waals surface area contributed by atoms with E-state index in [0.29, 0.717) is 6.04 Å². The molecule has 1 saturated heterocycles. The second-order valence-corrected chi connectivity index (χ2v) is 4.03. The minimum absolute atomic E-state index is 0.589. The van der Waals surface area contributed by atoms with Gasteiger partial charge in [-0.25, -0.2) is 0 Å². The van der Waals surface area contributed by atoms with Gasteiger partial charge >= 0.3 is 0 Å². The van der Waals surface area contributed by atoms with Crippen LogP contribution < -0.4 is 15.4 Å². The molecule has 1 atom stereocenters. The second-order valence-electron chi connectivity index (χ2n) is 4.03. The summed E-state index contributed by atoms with van der Waals surface area (Å²) in [7, 11) is 0. The molecule has 0 unspecified atom stereocenters. The minimum atomic E-state index is 0.589. The maximum absolute atomic E-state index is 5.72. The van der Waals surface area contributed by atoms with Gasteiger partial charge in [-0.2, -0.15) is 0 Å². The average Bonchev–Trinajstić information content (AvgIpc) is 2.65. The Bertz CT molecular complexity index is 364. The van der Waals surface area contributed by atoms with Crippen LogP contribution in [0.1, 0.15) is 12.8 Å². The Balaban J connectivity index is 2.05. The molecule has 0 spiro atoms. The number of nitrogens with zero attached hydrogens (tertiary/aromatic N) is 1. The van der Waals surface area contributed by atoms with Crippen LogP contribution in [0, 0.1) is 0 Å². The van der Waals surface area contributed by atoms with Crippen molar-refractivity contribution < 1.29 is 4.74 Å². The van der Waals surface area contributed by atoms with Gasteiger partial charge in [0.15, 0.2) is 0 Å². The van der Waals surface area contributed by atoms with Crippen LogP contribution in [0.25, 0.3) is 0 Å². The molecule has 0 aromatic heterocycles. The Labute approximate surface area is 83.5 Å². The van der Waals surface area contributed by atoms with Crippen molar-refractivity contribution in [2.24, 2.45) is 0 Å². The van der Waals surface area contributed by atoms with E-state index < -0.39 is 0 Å². The van der Waals surface area contributed by atoms with Gasteiger partial charge in [0.25, 0.3) is 0 Å². The van der Waals surface area contributed by atoms with Gasteiger partial charge < -0.3 is 15.4 Å². The molecule has 3 rings (SSSR count). The molecule has 1 aromatic carbocycles. The van der Waals surface area contributed by atoms with Gasteiger partial charge in [0, 0.05) is 18.3 Å². The fraction of sp³-hybridized carbons (Fsp3) is 0.455. The fourth-order valence-corrected chi connectivity index (χ4v) is 2.40. The van der Waals surface area contributed by atoms with Crippen LogP contribution in [0.4, 0.5) is 11.4 Å². The highest BCUT2D eigenvalue weighted by Gasteiger charge is 2.31. The van der Waals surface area contributed by atoms with Crippen molar-refractivity contribution in [1.29, 1.82) is 0 Å². The number of anilines is 2. The first-order valence-electron chi connectivity index (χ1n) is 5.13. The fourth-order valence-electron chi connectivity index (χ4n) is 2.40. The molecule has 2 aliphatic rings. The van der Waals surface area contributed by atoms with Crippen molar-refractivity contribution >= 4 is 11.4 Å². The summed E-state index contributed by atoms with van der Waals surface area (Å²) in [4.78, 5) is 2.44. The van der Waals surface area contributed by atoms with Gasteiger partial charge in [-0.3, -0.25) is 0 Å². The van der Waals surface area contributed by atoms with E-state index in [4.69, 9.17) is 10.5 Å². The van der Waals surface area contributed by atoms with Gasteiger partial charge in [0.05, 0.1) is 11.7 Å². The molecule has 3 heteroatoms. The van der Waals surface area contributed by atoms with Crippen LogP contribution >= 0.6 is 0 Å². The molecule has 0 bridgehead atoms. The van der Waals surface area contributed by atoms with Gasteiger partial charge in [-0.1, -0.05) is 0 Å². The summed E-state index contributed by atoms with van der Waals surface area (Å²) in [5, 5.41) is 0. The zero-order valence-electron chi connectivity index (χ0n) is 8.07. The van der Waals surface area contributed by atoms with E-state index in [2.05, 4.69) is 11.0 Å². The first-order valence-corrected chi connectivity index (χ1v) is 5.13. The van der Waals surface area contributed by atoms with Crippen molar-refractivity contribution in [1.82, 2.24) is 0 Å². The third kappa shape index (κ3) is 1.05. The number of fused-ring (bicyclic) bond motifs is 3. The summed E-state index contributed by atoms with van der Waals surface area (Å²) in [6.45, 7) is 1.97. The molecule has 2 heterocycles. The lowest BCUT2D eigenvalue weighted by Gasteiger charge is -2.33. The lowest BCUT2D eigenvalue weighted by molar-refractivity contribution is 0.272. The third-order valence-electron chi connectivity index (χ3n) is 3.10. The molecule has 2 aliphatic heterocycles. The highest BCUT2D eigenvalue weighted by atomic mass is 16.5. The number of hydrogen-bond donors (Lipinski definition) is 1. The number of nitrogen functional groups attached to an aromatic ring is 1. The number of rotatable bonds is 0. The smallest absolute Gasteiger partial charge is 0.144 e. The van der Waals surface area contributed by atoms with E-state index in [0.717, 1.165) is 24.6 Å². The van der Waals surface area contributed by atoms with E-state index in [1.54, 1.807) is 0 Å². The normalized spacial score (nSPS) is 24.0. The maximum Gasteiger partial charge on any atom is 0.144 e. The first kappa shape index (κ1) is 7.97. The number of hydrogen-bond acceptors (Lipinski definition) is 3. The van der Waals surface area contributed by atoms with Crippen molar-refractivity contribution in [2.75, 3.05) is 23.8 Å². The summed E-state index contributed by atoms with van der Waals surface area (Å²) in [6, 6.07) is 6.53. The molecular weight excluding hydrogens is 176 g/mol. The average molecular weight is 190 g/mol. The number of ether oxygens (including phenoxy) is 1. The Hall–Kier alpha value is -1.38. The molecule has 0 saturated carbocycles. The Morgan fingerprint density at radius 1 is 1.43 bits per heavy atom. The van der Waals surface area contributed by atoms with Gasteiger partial charge in [0.2, 0.25) is 0 Å². The van der Waals surface area contributed by atoms with Gasteiger partial charge in [-0.05, 0) is 25.0 Å². The molecule has 0 amide bonds. The highest BCUT2D eigenvalue weighted by Crippen LogP contribution is 2.38. The SMILES string of the molecule is Nc1ccc2c(c1)OC[C@@H]1CCCN21. The van der Waals surface area contributed by atoms with E-state index >= 15 is 0 Å². The zero-order valence-corrected chi connectivity index (χ0v) is 8.07. The highest BCUT2D eigenvalue weighted by molar-refractivity contribution is 5.66. The molecule has 1 fully saturated rings. The quantitative estimate of drug-likeness (QED) is 0.632. The largest absolute Gasteiger partial charge is 0.489 e. The zero-order chi connectivity index (χ0) is 9.54. The summed E-state index contributed by atoms with van der Waals surface area (Å²) in [5.41, 5.74) is 7.72.